The molecule has 4 rings (SSSR count). The van der Waals surface area contributed by atoms with Gasteiger partial charge in [0, 0.05) is 50.9 Å². The molecule has 0 radical (unpaired) electrons. The highest BCUT2D eigenvalue weighted by Crippen LogP contribution is 2.25. The van der Waals surface area contributed by atoms with Gasteiger partial charge in [0.15, 0.2) is 0 Å². The van der Waals surface area contributed by atoms with Gasteiger partial charge in [-0.3, -0.25) is 0 Å². The maximum Gasteiger partial charge on any atom is 0.228 e. The molecule has 1 N–H and O–H groups in total. The van der Waals surface area contributed by atoms with Gasteiger partial charge < -0.3 is 24.6 Å². The molecule has 1 fully saturated rings. The van der Waals surface area contributed by atoms with E-state index in [1.807, 2.05) is 30.3 Å². The number of ether oxygens (including phenoxy) is 2. The number of para-hydroxylation sites is 1. The summed E-state index contributed by atoms with van der Waals surface area (Å²) < 4.78 is 10.4. The molecule has 7 heteroatoms. The van der Waals surface area contributed by atoms with Gasteiger partial charge in [0.25, 0.3) is 0 Å². The summed E-state index contributed by atoms with van der Waals surface area (Å²) >= 11 is 0. The number of rotatable bonds is 7. The van der Waals surface area contributed by atoms with Crippen LogP contribution >= 0.6 is 0 Å². The molecule has 0 atom stereocenters. The Morgan fingerprint density at radius 1 is 0.897 bits per heavy atom. The topological polar surface area (TPSA) is 62.8 Å². The van der Waals surface area contributed by atoms with E-state index in [0.29, 0.717) is 13.2 Å². The maximum absolute atomic E-state index is 5.26. The van der Waals surface area contributed by atoms with Crippen molar-refractivity contribution < 1.29 is 9.47 Å². The Morgan fingerprint density at radius 3 is 2.34 bits per heavy atom. The van der Waals surface area contributed by atoms with Crippen molar-refractivity contribution in [3.8, 4) is 5.75 Å². The largest absolute Gasteiger partial charge is 0.497 e. The standard InChI is InChI=1S/C22H27N5O2/c1-28-16-11-23-21-19-5-3-4-6-20(19)24-22(25-21)27-14-12-26(13-15-27)17-7-9-18(29-2)10-8-17/h3-10H,11-16H2,1-2H3,(H,23,24,25). The highest BCUT2D eigenvalue weighted by atomic mass is 16.5. The first-order valence-electron chi connectivity index (χ1n) is 9.92. The normalized spacial score (nSPS) is 14.3. The van der Waals surface area contributed by atoms with Gasteiger partial charge in [0.1, 0.15) is 11.6 Å². The second-order valence-corrected chi connectivity index (χ2v) is 6.98. The fourth-order valence-electron chi connectivity index (χ4n) is 3.57. The monoisotopic (exact) mass is 393 g/mol. The third-order valence-corrected chi connectivity index (χ3v) is 5.19. The first-order valence-corrected chi connectivity index (χ1v) is 9.92. The molecular weight excluding hydrogens is 366 g/mol. The Balaban J connectivity index is 1.49. The van der Waals surface area contributed by atoms with Crippen LogP contribution in [0.25, 0.3) is 10.9 Å². The SMILES string of the molecule is COCCNc1nc(N2CCN(c3ccc(OC)cc3)CC2)nc2ccccc12. The number of nitrogens with zero attached hydrogens (tertiary/aromatic N) is 4. The fourth-order valence-corrected chi connectivity index (χ4v) is 3.57. The average Bonchev–Trinajstić information content (AvgIpc) is 2.79. The molecule has 29 heavy (non-hydrogen) atoms. The van der Waals surface area contributed by atoms with Crippen molar-refractivity contribution >= 4 is 28.4 Å². The molecule has 1 saturated heterocycles. The minimum atomic E-state index is 0.633. The van der Waals surface area contributed by atoms with Crippen LogP contribution in [0.1, 0.15) is 0 Å². The molecule has 1 aromatic heterocycles. The Bertz CT molecular complexity index is 940. The number of nitrogens with one attached hydrogen (secondary N) is 1. The molecule has 0 saturated carbocycles. The molecule has 2 aromatic carbocycles. The van der Waals surface area contributed by atoms with Crippen LogP contribution in [-0.2, 0) is 4.74 Å². The molecule has 3 aromatic rings. The lowest BCUT2D eigenvalue weighted by atomic mass is 10.2. The molecule has 0 unspecified atom stereocenters. The Hall–Kier alpha value is -3.06. The zero-order valence-electron chi connectivity index (χ0n) is 17.0. The van der Waals surface area contributed by atoms with E-state index in [0.717, 1.165) is 54.6 Å². The smallest absolute Gasteiger partial charge is 0.228 e. The molecule has 7 nitrogen and oxygen atoms in total. The predicted octanol–water partition coefficient (Wildman–Crippen LogP) is 3.02. The lowest BCUT2D eigenvalue weighted by Crippen LogP contribution is -2.47. The van der Waals surface area contributed by atoms with Crippen molar-refractivity contribution in [2.75, 3.05) is 68.7 Å². The number of benzene rings is 2. The van der Waals surface area contributed by atoms with Gasteiger partial charge in [0.05, 0.1) is 19.2 Å². The molecule has 152 valence electrons. The molecule has 0 bridgehead atoms. The summed E-state index contributed by atoms with van der Waals surface area (Å²) in [6.45, 7) is 4.95. The molecule has 1 aliphatic heterocycles. The van der Waals surface area contributed by atoms with Gasteiger partial charge in [-0.05, 0) is 36.4 Å². The summed E-state index contributed by atoms with van der Waals surface area (Å²) in [5.74, 6) is 2.52. The zero-order valence-corrected chi connectivity index (χ0v) is 17.0. The maximum atomic E-state index is 5.26. The molecular formula is C22H27N5O2. The second-order valence-electron chi connectivity index (χ2n) is 6.98. The lowest BCUT2D eigenvalue weighted by Gasteiger charge is -2.36. The molecule has 0 spiro atoms. The minimum Gasteiger partial charge on any atom is -0.497 e. The predicted molar refractivity (Wildman–Crippen MR) is 117 cm³/mol. The molecule has 0 amide bonds. The summed E-state index contributed by atoms with van der Waals surface area (Å²) in [5, 5.41) is 4.42. The van der Waals surface area contributed by atoms with Crippen LogP contribution in [0.2, 0.25) is 0 Å². The van der Waals surface area contributed by atoms with Crippen LogP contribution < -0.4 is 19.9 Å². The van der Waals surface area contributed by atoms with Crippen LogP contribution in [0, 0.1) is 0 Å². The van der Waals surface area contributed by atoms with E-state index in [-0.39, 0.29) is 0 Å². The van der Waals surface area contributed by atoms with Gasteiger partial charge >= 0.3 is 0 Å². The van der Waals surface area contributed by atoms with Crippen LogP contribution in [0.5, 0.6) is 5.75 Å². The summed E-state index contributed by atoms with van der Waals surface area (Å²) in [5.41, 5.74) is 2.17. The Labute approximate surface area is 171 Å². The third kappa shape index (κ3) is 4.35. The van der Waals surface area contributed by atoms with Crippen molar-refractivity contribution in [3.63, 3.8) is 0 Å². The highest BCUT2D eigenvalue weighted by molar-refractivity contribution is 5.90. The van der Waals surface area contributed by atoms with Crippen molar-refractivity contribution in [1.82, 2.24) is 9.97 Å². The number of fused-ring (bicyclic) bond motifs is 1. The van der Waals surface area contributed by atoms with Crippen molar-refractivity contribution in [3.05, 3.63) is 48.5 Å². The van der Waals surface area contributed by atoms with Crippen molar-refractivity contribution in [2.24, 2.45) is 0 Å². The van der Waals surface area contributed by atoms with E-state index in [1.54, 1.807) is 14.2 Å². The van der Waals surface area contributed by atoms with Crippen LogP contribution in [0.3, 0.4) is 0 Å². The van der Waals surface area contributed by atoms with Gasteiger partial charge in [-0.15, -0.1) is 0 Å². The third-order valence-electron chi connectivity index (χ3n) is 5.19. The number of piperazine rings is 1. The van der Waals surface area contributed by atoms with E-state index < -0.39 is 0 Å². The van der Waals surface area contributed by atoms with E-state index in [1.165, 1.54) is 5.69 Å². The number of hydrogen-bond donors (Lipinski definition) is 1. The fraction of sp³-hybridized carbons (Fsp3) is 0.364. The zero-order chi connectivity index (χ0) is 20.1. The molecule has 2 heterocycles. The Kier molecular flexibility index (Phi) is 5.95. The lowest BCUT2D eigenvalue weighted by molar-refractivity contribution is 0.210. The first-order chi connectivity index (χ1) is 14.3. The summed E-state index contributed by atoms with van der Waals surface area (Å²) in [7, 11) is 3.39. The first kappa shape index (κ1) is 19.3. The highest BCUT2D eigenvalue weighted by Gasteiger charge is 2.20. The van der Waals surface area contributed by atoms with E-state index in [4.69, 9.17) is 19.4 Å². The number of hydrogen-bond acceptors (Lipinski definition) is 7. The van der Waals surface area contributed by atoms with Gasteiger partial charge in [-0.25, -0.2) is 4.98 Å². The molecule has 0 aliphatic carbocycles. The van der Waals surface area contributed by atoms with Crippen LogP contribution in [-0.4, -0.2) is 63.5 Å². The number of aromatic nitrogens is 2. The van der Waals surface area contributed by atoms with E-state index >= 15 is 0 Å². The average molecular weight is 393 g/mol. The second kappa shape index (κ2) is 8.96. The number of anilines is 3. The van der Waals surface area contributed by atoms with Crippen LogP contribution in [0.4, 0.5) is 17.5 Å². The van der Waals surface area contributed by atoms with Crippen molar-refractivity contribution in [1.29, 1.82) is 0 Å². The summed E-state index contributed by atoms with van der Waals surface area (Å²) in [6.07, 6.45) is 0. The summed E-state index contributed by atoms with van der Waals surface area (Å²) in [4.78, 5) is 14.3. The number of methoxy groups -OCH3 is 2. The van der Waals surface area contributed by atoms with Gasteiger partial charge in [0.2, 0.25) is 5.95 Å². The van der Waals surface area contributed by atoms with Gasteiger partial charge in [-0.1, -0.05) is 12.1 Å². The summed E-state index contributed by atoms with van der Waals surface area (Å²) in [6, 6.07) is 16.3. The van der Waals surface area contributed by atoms with Gasteiger partial charge in [-0.2, -0.15) is 4.98 Å². The minimum absolute atomic E-state index is 0.633. The van der Waals surface area contributed by atoms with Crippen LogP contribution in [0.15, 0.2) is 48.5 Å². The van der Waals surface area contributed by atoms with Crippen molar-refractivity contribution in [2.45, 2.75) is 0 Å². The van der Waals surface area contributed by atoms with E-state index in [9.17, 15) is 0 Å². The molecule has 1 aliphatic rings. The van der Waals surface area contributed by atoms with E-state index in [2.05, 4.69) is 33.3 Å². The quantitative estimate of drug-likeness (QED) is 0.619. The Morgan fingerprint density at radius 2 is 1.62 bits per heavy atom.